The van der Waals surface area contributed by atoms with Crippen LogP contribution in [0.1, 0.15) is 37.7 Å². The van der Waals surface area contributed by atoms with E-state index in [0.717, 1.165) is 5.56 Å². The van der Waals surface area contributed by atoms with E-state index in [-0.39, 0.29) is 25.7 Å². The van der Waals surface area contributed by atoms with Crippen LogP contribution >= 0.6 is 0 Å². The molecule has 4 atom stereocenters. The number of aliphatic carboxylic acids is 1. The Balaban J connectivity index is 2.84. The summed E-state index contributed by atoms with van der Waals surface area (Å²) in [4.78, 5) is 60.7. The van der Waals surface area contributed by atoms with Crippen LogP contribution in [-0.2, 0) is 30.4 Å². The predicted molar refractivity (Wildman–Crippen MR) is 130 cm³/mol. The fourth-order valence-electron chi connectivity index (χ4n) is 3.28. The van der Waals surface area contributed by atoms with E-state index in [1.165, 1.54) is 0 Å². The first-order chi connectivity index (χ1) is 17.1. The van der Waals surface area contributed by atoms with Crippen molar-refractivity contribution in [2.45, 2.75) is 62.7 Å². The summed E-state index contributed by atoms with van der Waals surface area (Å²) in [6, 6.07) is 3.94. The summed E-state index contributed by atoms with van der Waals surface area (Å²) in [5.41, 5.74) is 17.3. The molecule has 13 nitrogen and oxygen atoms in total. The normalized spacial score (nSPS) is 14.1. The number of carbonyl (C=O) groups is 5. The second-order valence-electron chi connectivity index (χ2n) is 8.29. The predicted octanol–water partition coefficient (Wildman–Crippen LogP) is -2.52. The van der Waals surface area contributed by atoms with Gasteiger partial charge in [-0.3, -0.25) is 19.2 Å². The molecule has 200 valence electrons. The number of nitrogens with two attached hydrogens (primary N) is 3. The van der Waals surface area contributed by atoms with Crippen LogP contribution in [-0.4, -0.2) is 77.1 Å². The molecule has 0 aliphatic rings. The first-order valence-electron chi connectivity index (χ1n) is 11.6. The topological polar surface area (TPSA) is 240 Å². The molecule has 0 aliphatic heterocycles. The van der Waals surface area contributed by atoms with Gasteiger partial charge in [-0.2, -0.15) is 0 Å². The van der Waals surface area contributed by atoms with Crippen molar-refractivity contribution in [3.05, 3.63) is 35.9 Å². The lowest BCUT2D eigenvalue weighted by atomic mass is 10.0. The number of unbranched alkanes of at least 4 members (excludes halogenated alkanes) is 1. The van der Waals surface area contributed by atoms with Crippen LogP contribution < -0.4 is 33.2 Å². The van der Waals surface area contributed by atoms with Gasteiger partial charge in [-0.1, -0.05) is 30.3 Å². The highest BCUT2D eigenvalue weighted by molar-refractivity contribution is 5.94. The number of primary amides is 1. The first-order valence-corrected chi connectivity index (χ1v) is 11.6. The van der Waals surface area contributed by atoms with E-state index in [2.05, 4.69) is 16.0 Å². The van der Waals surface area contributed by atoms with Crippen molar-refractivity contribution in [2.75, 3.05) is 13.2 Å². The molecule has 11 N–H and O–H groups in total. The quantitative estimate of drug-likeness (QED) is 0.103. The zero-order chi connectivity index (χ0) is 27.1. The van der Waals surface area contributed by atoms with Gasteiger partial charge >= 0.3 is 5.97 Å². The number of aliphatic hydroxyl groups is 1. The lowest BCUT2D eigenvalue weighted by Crippen LogP contribution is -2.58. The second-order valence-corrected chi connectivity index (χ2v) is 8.29. The average Bonchev–Trinajstić information content (AvgIpc) is 2.84. The Morgan fingerprint density at radius 3 is 1.97 bits per heavy atom. The van der Waals surface area contributed by atoms with Crippen molar-refractivity contribution in [3.63, 3.8) is 0 Å². The number of carboxylic acids is 1. The Morgan fingerprint density at radius 1 is 0.833 bits per heavy atom. The van der Waals surface area contributed by atoms with E-state index in [1.54, 1.807) is 24.3 Å². The Bertz CT molecular complexity index is 883. The molecule has 0 heterocycles. The molecule has 36 heavy (non-hydrogen) atoms. The third kappa shape index (κ3) is 11.3. The molecule has 4 unspecified atom stereocenters. The highest BCUT2D eigenvalue weighted by Gasteiger charge is 2.30. The molecule has 0 spiro atoms. The molecule has 0 saturated carbocycles. The summed E-state index contributed by atoms with van der Waals surface area (Å²) >= 11 is 0. The van der Waals surface area contributed by atoms with Gasteiger partial charge in [0.2, 0.25) is 23.6 Å². The third-order valence-corrected chi connectivity index (χ3v) is 5.32. The molecular formula is C23H36N6O7. The third-order valence-electron chi connectivity index (χ3n) is 5.32. The smallest absolute Gasteiger partial charge is 0.326 e. The lowest BCUT2D eigenvalue weighted by molar-refractivity contribution is -0.142. The monoisotopic (exact) mass is 508 g/mol. The summed E-state index contributed by atoms with van der Waals surface area (Å²) in [7, 11) is 0. The van der Waals surface area contributed by atoms with Crippen molar-refractivity contribution >= 4 is 29.6 Å². The van der Waals surface area contributed by atoms with Crippen LogP contribution in [0.2, 0.25) is 0 Å². The fraction of sp³-hybridized carbons (Fsp3) is 0.522. The van der Waals surface area contributed by atoms with Crippen LogP contribution in [0.3, 0.4) is 0 Å². The molecule has 1 aromatic carbocycles. The highest BCUT2D eigenvalue weighted by atomic mass is 16.4. The van der Waals surface area contributed by atoms with E-state index >= 15 is 0 Å². The highest BCUT2D eigenvalue weighted by Crippen LogP contribution is 2.05. The van der Waals surface area contributed by atoms with Gasteiger partial charge in [-0.05, 0) is 44.2 Å². The number of carbonyl (C=O) groups excluding carboxylic acids is 4. The van der Waals surface area contributed by atoms with Gasteiger partial charge < -0.3 is 43.4 Å². The lowest BCUT2D eigenvalue weighted by Gasteiger charge is -2.24. The molecule has 1 rings (SSSR count). The van der Waals surface area contributed by atoms with Gasteiger partial charge in [0.1, 0.15) is 18.1 Å². The maximum absolute atomic E-state index is 12.8. The van der Waals surface area contributed by atoms with Crippen LogP contribution in [0.15, 0.2) is 30.3 Å². The molecule has 13 heteroatoms. The maximum atomic E-state index is 12.8. The standard InChI is InChI=1S/C23H36N6O7/c24-11-5-4-8-17(23(35)36)28-22(34)18(13-30)29-21(33)16(9-10-19(26)31)27-20(32)15(25)12-14-6-2-1-3-7-14/h1-3,6-7,15-18,30H,4-5,8-13,24-25H2,(H2,26,31)(H,27,32)(H,28,34)(H,29,33)(H,35,36). The summed E-state index contributed by atoms with van der Waals surface area (Å²) in [6.07, 6.45) is 0.897. The minimum absolute atomic E-state index is 0.112. The molecule has 0 bridgehead atoms. The van der Waals surface area contributed by atoms with E-state index in [1.807, 2.05) is 6.07 Å². The van der Waals surface area contributed by atoms with Crippen molar-refractivity contribution in [2.24, 2.45) is 17.2 Å². The van der Waals surface area contributed by atoms with E-state index in [0.29, 0.717) is 19.4 Å². The number of rotatable bonds is 17. The summed E-state index contributed by atoms with van der Waals surface area (Å²) in [5.74, 6) is -4.46. The summed E-state index contributed by atoms with van der Waals surface area (Å²) in [5, 5.41) is 25.9. The van der Waals surface area contributed by atoms with Crippen LogP contribution in [0.25, 0.3) is 0 Å². The molecule has 0 aromatic heterocycles. The number of hydrogen-bond donors (Lipinski definition) is 8. The molecular weight excluding hydrogens is 472 g/mol. The zero-order valence-corrected chi connectivity index (χ0v) is 20.0. The largest absolute Gasteiger partial charge is 0.480 e. The molecule has 0 radical (unpaired) electrons. The number of carboxylic acid groups (broad SMARTS) is 1. The summed E-state index contributed by atoms with van der Waals surface area (Å²) in [6.45, 7) is -0.472. The number of nitrogens with one attached hydrogen (secondary N) is 3. The van der Waals surface area contributed by atoms with Crippen molar-refractivity contribution in [1.82, 2.24) is 16.0 Å². The number of aliphatic hydroxyl groups excluding tert-OH is 1. The molecule has 0 aliphatic carbocycles. The zero-order valence-electron chi connectivity index (χ0n) is 20.0. The minimum Gasteiger partial charge on any atom is -0.480 e. The Labute approximate surface area is 209 Å². The molecule has 4 amide bonds. The van der Waals surface area contributed by atoms with Gasteiger partial charge in [0.25, 0.3) is 0 Å². The fourth-order valence-corrected chi connectivity index (χ4v) is 3.28. The van der Waals surface area contributed by atoms with Crippen molar-refractivity contribution < 1.29 is 34.2 Å². The molecule has 1 aromatic rings. The second kappa shape index (κ2) is 16.2. The van der Waals surface area contributed by atoms with Crippen LogP contribution in [0.4, 0.5) is 0 Å². The Kier molecular flexibility index (Phi) is 13.7. The number of hydrogen-bond acceptors (Lipinski definition) is 8. The van der Waals surface area contributed by atoms with Crippen molar-refractivity contribution in [1.29, 1.82) is 0 Å². The molecule has 0 fully saturated rings. The summed E-state index contributed by atoms with van der Waals surface area (Å²) < 4.78 is 0. The van der Waals surface area contributed by atoms with Crippen molar-refractivity contribution in [3.8, 4) is 0 Å². The SMILES string of the molecule is NCCCCC(NC(=O)C(CO)NC(=O)C(CCC(N)=O)NC(=O)C(N)Cc1ccccc1)C(=O)O. The number of benzene rings is 1. The first kappa shape index (κ1) is 30.5. The average molecular weight is 509 g/mol. The van der Waals surface area contributed by atoms with Crippen LogP contribution in [0, 0.1) is 0 Å². The van der Waals surface area contributed by atoms with Crippen LogP contribution in [0.5, 0.6) is 0 Å². The Morgan fingerprint density at radius 2 is 1.42 bits per heavy atom. The van der Waals surface area contributed by atoms with Gasteiger partial charge in [0, 0.05) is 6.42 Å². The van der Waals surface area contributed by atoms with E-state index in [9.17, 15) is 34.2 Å². The van der Waals surface area contributed by atoms with Gasteiger partial charge in [-0.25, -0.2) is 4.79 Å². The minimum atomic E-state index is -1.50. The van der Waals surface area contributed by atoms with Gasteiger partial charge in [-0.15, -0.1) is 0 Å². The van der Waals surface area contributed by atoms with Gasteiger partial charge in [0.05, 0.1) is 12.6 Å². The number of amides is 4. The molecule has 0 saturated heterocycles. The van der Waals surface area contributed by atoms with Gasteiger partial charge in [0.15, 0.2) is 0 Å². The van der Waals surface area contributed by atoms with E-state index < -0.39 is 60.4 Å². The maximum Gasteiger partial charge on any atom is 0.326 e. The van der Waals surface area contributed by atoms with E-state index in [4.69, 9.17) is 17.2 Å². The Hall–Kier alpha value is -3.55.